The van der Waals surface area contributed by atoms with Crippen LogP contribution in [-0.4, -0.2) is 32.1 Å². The zero-order chi connectivity index (χ0) is 13.3. The average Bonchev–Trinajstić information content (AvgIpc) is 2.92. The van der Waals surface area contributed by atoms with Crippen LogP contribution in [0.4, 0.5) is 10.6 Å². The lowest BCUT2D eigenvalue weighted by molar-refractivity contribution is 0.251. The van der Waals surface area contributed by atoms with Gasteiger partial charge in [-0.15, -0.1) is 0 Å². The number of nitrogens with zero attached hydrogens (tertiary/aromatic N) is 4. The van der Waals surface area contributed by atoms with Crippen LogP contribution in [0.25, 0.3) is 0 Å². The van der Waals surface area contributed by atoms with E-state index in [4.69, 9.17) is 0 Å². The first kappa shape index (κ1) is 13.0. The van der Waals surface area contributed by atoms with Crippen molar-refractivity contribution < 1.29 is 4.79 Å². The molecule has 0 saturated carbocycles. The number of imidazole rings is 1. The molecule has 0 fully saturated rings. The first-order chi connectivity index (χ1) is 9.34. The number of amides is 2. The molecule has 0 saturated heterocycles. The van der Waals surface area contributed by atoms with E-state index in [1.165, 1.54) is 12.4 Å². The summed E-state index contributed by atoms with van der Waals surface area (Å²) >= 11 is 0. The molecule has 2 aromatic heterocycles. The first-order valence-electron chi connectivity index (χ1n) is 6.11. The fourth-order valence-corrected chi connectivity index (χ4v) is 1.56. The Morgan fingerprint density at radius 2 is 2.16 bits per heavy atom. The lowest BCUT2D eigenvalue weighted by Gasteiger charge is -2.06. The topological polar surface area (TPSA) is 84.7 Å². The Balaban J connectivity index is 1.57. The van der Waals surface area contributed by atoms with Crippen molar-refractivity contribution in [2.75, 3.05) is 11.9 Å². The number of hydrogen-bond donors (Lipinski definition) is 2. The highest BCUT2D eigenvalue weighted by molar-refractivity contribution is 5.87. The predicted octanol–water partition coefficient (Wildman–Crippen LogP) is 1.27. The summed E-state index contributed by atoms with van der Waals surface area (Å²) in [7, 11) is 0. The fourth-order valence-electron chi connectivity index (χ4n) is 1.56. The summed E-state index contributed by atoms with van der Waals surface area (Å²) in [6.07, 6.45) is 11.9. The first-order valence-corrected chi connectivity index (χ1v) is 6.11. The number of urea groups is 1. The summed E-state index contributed by atoms with van der Waals surface area (Å²) in [5, 5.41) is 5.38. The van der Waals surface area contributed by atoms with Crippen molar-refractivity contribution >= 4 is 11.8 Å². The minimum Gasteiger partial charge on any atom is -0.338 e. The van der Waals surface area contributed by atoms with Crippen LogP contribution in [0, 0.1) is 0 Å². The van der Waals surface area contributed by atoms with Gasteiger partial charge in [0.05, 0.1) is 12.5 Å². The molecular weight excluding hydrogens is 244 g/mol. The third-order valence-corrected chi connectivity index (χ3v) is 2.49. The van der Waals surface area contributed by atoms with Crippen molar-refractivity contribution in [2.24, 2.45) is 0 Å². The number of nitrogens with one attached hydrogen (secondary N) is 2. The second-order valence-electron chi connectivity index (χ2n) is 3.98. The van der Waals surface area contributed by atoms with E-state index in [0.717, 1.165) is 19.4 Å². The van der Waals surface area contributed by atoms with Gasteiger partial charge in [0.25, 0.3) is 0 Å². The number of carbonyl (C=O) groups is 1. The van der Waals surface area contributed by atoms with Gasteiger partial charge in [-0.1, -0.05) is 0 Å². The molecule has 19 heavy (non-hydrogen) atoms. The maximum absolute atomic E-state index is 11.5. The SMILES string of the molecule is O=C(NCCCCn1ccnc1)Nc1cnccn1. The fraction of sp³-hybridized carbons (Fsp3) is 0.333. The van der Waals surface area contributed by atoms with Crippen LogP contribution in [0.5, 0.6) is 0 Å². The van der Waals surface area contributed by atoms with Crippen molar-refractivity contribution in [3.63, 3.8) is 0 Å². The van der Waals surface area contributed by atoms with Gasteiger partial charge in [-0.25, -0.2) is 14.8 Å². The quantitative estimate of drug-likeness (QED) is 0.766. The van der Waals surface area contributed by atoms with Crippen LogP contribution in [0.3, 0.4) is 0 Å². The third-order valence-electron chi connectivity index (χ3n) is 2.49. The lowest BCUT2D eigenvalue weighted by Crippen LogP contribution is -2.30. The number of carbonyl (C=O) groups excluding carboxylic acids is 1. The van der Waals surface area contributed by atoms with E-state index in [1.54, 1.807) is 18.7 Å². The molecule has 0 unspecified atom stereocenters. The number of rotatable bonds is 6. The van der Waals surface area contributed by atoms with E-state index < -0.39 is 0 Å². The van der Waals surface area contributed by atoms with Crippen molar-refractivity contribution in [3.8, 4) is 0 Å². The molecule has 0 radical (unpaired) electrons. The zero-order valence-electron chi connectivity index (χ0n) is 10.5. The third kappa shape index (κ3) is 4.74. The molecule has 2 rings (SSSR count). The summed E-state index contributed by atoms with van der Waals surface area (Å²) in [4.78, 5) is 23.3. The van der Waals surface area contributed by atoms with Crippen molar-refractivity contribution in [2.45, 2.75) is 19.4 Å². The van der Waals surface area contributed by atoms with E-state index in [1.807, 2.05) is 10.8 Å². The van der Waals surface area contributed by atoms with Gasteiger partial charge in [0.2, 0.25) is 0 Å². The highest BCUT2D eigenvalue weighted by Crippen LogP contribution is 1.97. The van der Waals surface area contributed by atoms with Crippen LogP contribution < -0.4 is 10.6 Å². The molecule has 0 aliphatic heterocycles. The summed E-state index contributed by atoms with van der Waals surface area (Å²) in [5.74, 6) is 0.443. The van der Waals surface area contributed by atoms with E-state index in [2.05, 4.69) is 25.6 Å². The zero-order valence-corrected chi connectivity index (χ0v) is 10.5. The van der Waals surface area contributed by atoms with E-state index in [9.17, 15) is 4.79 Å². The molecule has 100 valence electrons. The highest BCUT2D eigenvalue weighted by Gasteiger charge is 2.01. The van der Waals surface area contributed by atoms with Crippen LogP contribution in [0.1, 0.15) is 12.8 Å². The monoisotopic (exact) mass is 260 g/mol. The number of unbranched alkanes of at least 4 members (excludes halogenated alkanes) is 1. The Bertz CT molecular complexity index is 484. The summed E-state index contributed by atoms with van der Waals surface area (Å²) < 4.78 is 2.01. The van der Waals surface area contributed by atoms with Gasteiger partial charge in [0.1, 0.15) is 0 Å². The smallest absolute Gasteiger partial charge is 0.320 e. The minimum atomic E-state index is -0.261. The molecule has 2 amide bonds. The van der Waals surface area contributed by atoms with Crippen LogP contribution in [0.2, 0.25) is 0 Å². The largest absolute Gasteiger partial charge is 0.338 e. The maximum Gasteiger partial charge on any atom is 0.320 e. The Morgan fingerprint density at radius 1 is 1.21 bits per heavy atom. The number of aryl methyl sites for hydroxylation is 1. The summed E-state index contributed by atoms with van der Waals surface area (Å²) in [6.45, 7) is 1.54. The molecule has 2 aromatic rings. The second kappa shape index (κ2) is 7.10. The average molecular weight is 260 g/mol. The highest BCUT2D eigenvalue weighted by atomic mass is 16.2. The van der Waals surface area contributed by atoms with Gasteiger partial charge >= 0.3 is 6.03 Å². The van der Waals surface area contributed by atoms with E-state index in [-0.39, 0.29) is 6.03 Å². The molecule has 7 nitrogen and oxygen atoms in total. The van der Waals surface area contributed by atoms with Gasteiger partial charge in [0, 0.05) is 37.9 Å². The predicted molar refractivity (Wildman–Crippen MR) is 70.5 cm³/mol. The summed E-state index contributed by atoms with van der Waals surface area (Å²) in [6, 6.07) is -0.261. The lowest BCUT2D eigenvalue weighted by atomic mass is 10.3. The molecule has 0 atom stereocenters. The Labute approximate surface area is 111 Å². The Morgan fingerprint density at radius 3 is 2.89 bits per heavy atom. The Kier molecular flexibility index (Phi) is 4.86. The molecular formula is C12H16N6O. The molecule has 0 aliphatic rings. The standard InChI is InChI=1S/C12H16N6O/c19-12(17-11-9-13-4-5-15-11)16-3-1-2-7-18-8-6-14-10-18/h4-6,8-10H,1-3,7H2,(H2,15,16,17,19). The molecule has 2 N–H and O–H groups in total. The minimum absolute atomic E-state index is 0.261. The maximum atomic E-state index is 11.5. The van der Waals surface area contributed by atoms with Crippen LogP contribution >= 0.6 is 0 Å². The van der Waals surface area contributed by atoms with Crippen molar-refractivity contribution in [3.05, 3.63) is 37.3 Å². The number of anilines is 1. The molecule has 0 spiro atoms. The van der Waals surface area contributed by atoms with Gasteiger partial charge in [-0.3, -0.25) is 10.3 Å². The normalized spacial score (nSPS) is 10.1. The van der Waals surface area contributed by atoms with Crippen molar-refractivity contribution in [1.29, 1.82) is 0 Å². The second-order valence-corrected chi connectivity index (χ2v) is 3.98. The van der Waals surface area contributed by atoms with Gasteiger partial charge in [-0.05, 0) is 12.8 Å². The van der Waals surface area contributed by atoms with Gasteiger partial charge in [0.15, 0.2) is 5.82 Å². The number of aromatic nitrogens is 4. The van der Waals surface area contributed by atoms with Gasteiger partial charge < -0.3 is 9.88 Å². The van der Waals surface area contributed by atoms with Crippen molar-refractivity contribution in [1.82, 2.24) is 24.8 Å². The van der Waals surface area contributed by atoms with E-state index >= 15 is 0 Å². The number of hydrogen-bond acceptors (Lipinski definition) is 4. The molecule has 2 heterocycles. The van der Waals surface area contributed by atoms with Crippen LogP contribution in [-0.2, 0) is 6.54 Å². The Hall–Kier alpha value is -2.44. The molecule has 0 aliphatic carbocycles. The van der Waals surface area contributed by atoms with E-state index in [0.29, 0.717) is 12.4 Å². The molecule has 0 aromatic carbocycles. The van der Waals surface area contributed by atoms with Gasteiger partial charge in [-0.2, -0.15) is 0 Å². The van der Waals surface area contributed by atoms with Crippen LogP contribution in [0.15, 0.2) is 37.3 Å². The molecule has 0 bridgehead atoms. The molecule has 7 heteroatoms. The summed E-state index contributed by atoms with van der Waals surface area (Å²) in [5.41, 5.74) is 0.